The van der Waals surface area contributed by atoms with Gasteiger partial charge in [0.15, 0.2) is 0 Å². The van der Waals surface area contributed by atoms with E-state index in [4.69, 9.17) is 0 Å². The molecule has 0 nitrogen and oxygen atoms in total. The first-order valence-electron chi connectivity index (χ1n) is 4.46. The Balaban J connectivity index is 3.03. The molecule has 0 amide bonds. The summed E-state index contributed by atoms with van der Waals surface area (Å²) in [5, 5.41) is 0. The minimum absolute atomic E-state index is 0.334. The van der Waals surface area contributed by atoms with Crippen LogP contribution < -0.4 is 0 Å². The van der Waals surface area contributed by atoms with Crippen LogP contribution in [0.15, 0.2) is 18.2 Å². The molecule has 0 fully saturated rings. The van der Waals surface area contributed by atoms with E-state index >= 15 is 0 Å². The van der Waals surface area contributed by atoms with Gasteiger partial charge in [0.25, 0.3) is 0 Å². The second-order valence-corrected chi connectivity index (χ2v) is 3.61. The molecule has 1 aromatic rings. The van der Waals surface area contributed by atoms with Crippen molar-refractivity contribution >= 4 is 0 Å². The Morgan fingerprint density at radius 3 is 2.07 bits per heavy atom. The van der Waals surface area contributed by atoms with Crippen LogP contribution in [0.1, 0.15) is 29.5 Å². The highest BCUT2D eigenvalue weighted by atomic mass is 19.4. The van der Waals surface area contributed by atoms with Crippen LogP contribution in [0.3, 0.4) is 0 Å². The van der Waals surface area contributed by atoms with Gasteiger partial charge in [-0.05, 0) is 37.5 Å². The molecule has 0 heterocycles. The molecule has 0 saturated carbocycles. The van der Waals surface area contributed by atoms with Crippen LogP contribution in [-0.2, 0) is 0 Å². The molecule has 0 bridgehead atoms. The van der Waals surface area contributed by atoms with Gasteiger partial charge in [-0.3, -0.25) is 0 Å². The molecule has 0 radical (unpaired) electrons. The van der Waals surface area contributed by atoms with Gasteiger partial charge in [0, 0.05) is 0 Å². The highest BCUT2D eigenvalue weighted by molar-refractivity contribution is 5.32. The number of hydrogen-bond donors (Lipinski definition) is 0. The monoisotopic (exact) mass is 202 g/mol. The number of rotatable bonds is 1. The third kappa shape index (κ3) is 2.28. The number of alkyl halides is 3. The average molecular weight is 202 g/mol. The van der Waals surface area contributed by atoms with Crippen LogP contribution in [0, 0.1) is 13.8 Å². The fraction of sp³-hybridized carbons (Fsp3) is 0.455. The molecule has 1 aromatic carbocycles. The fourth-order valence-electron chi connectivity index (χ4n) is 1.22. The number of aryl methyl sites for hydroxylation is 2. The summed E-state index contributed by atoms with van der Waals surface area (Å²) in [4.78, 5) is 0. The third-order valence-corrected chi connectivity index (χ3v) is 2.52. The Morgan fingerprint density at radius 1 is 1.07 bits per heavy atom. The van der Waals surface area contributed by atoms with Crippen LogP contribution in [0.25, 0.3) is 0 Å². The summed E-state index contributed by atoms with van der Waals surface area (Å²) in [7, 11) is 0. The fourth-order valence-corrected chi connectivity index (χ4v) is 1.22. The first-order valence-corrected chi connectivity index (χ1v) is 4.46. The van der Waals surface area contributed by atoms with Crippen molar-refractivity contribution in [2.24, 2.45) is 0 Å². The predicted octanol–water partition coefficient (Wildman–Crippen LogP) is 3.97. The van der Waals surface area contributed by atoms with E-state index in [0.29, 0.717) is 5.56 Å². The summed E-state index contributed by atoms with van der Waals surface area (Å²) in [6.07, 6.45) is -4.15. The SMILES string of the molecule is Cc1ccc(C(C)C(F)(F)F)cc1C. The molecular weight excluding hydrogens is 189 g/mol. The first-order chi connectivity index (χ1) is 6.32. The van der Waals surface area contributed by atoms with E-state index in [2.05, 4.69) is 0 Å². The predicted molar refractivity (Wildman–Crippen MR) is 50.4 cm³/mol. The molecule has 0 aliphatic heterocycles. The maximum atomic E-state index is 12.4. The third-order valence-electron chi connectivity index (χ3n) is 2.52. The van der Waals surface area contributed by atoms with Gasteiger partial charge in [-0.1, -0.05) is 18.2 Å². The van der Waals surface area contributed by atoms with Crippen LogP contribution >= 0.6 is 0 Å². The lowest BCUT2D eigenvalue weighted by Crippen LogP contribution is -2.17. The van der Waals surface area contributed by atoms with E-state index in [1.165, 1.54) is 6.92 Å². The molecule has 0 spiro atoms. The lowest BCUT2D eigenvalue weighted by molar-refractivity contribution is -0.146. The molecule has 1 unspecified atom stereocenters. The van der Waals surface area contributed by atoms with Gasteiger partial charge >= 0.3 is 6.18 Å². The summed E-state index contributed by atoms with van der Waals surface area (Å²) < 4.78 is 37.1. The molecule has 0 N–H and O–H groups in total. The first kappa shape index (κ1) is 11.1. The lowest BCUT2D eigenvalue weighted by Gasteiger charge is -2.16. The van der Waals surface area contributed by atoms with Crippen molar-refractivity contribution in [1.82, 2.24) is 0 Å². The highest BCUT2D eigenvalue weighted by Gasteiger charge is 2.36. The van der Waals surface area contributed by atoms with Crippen molar-refractivity contribution in [3.8, 4) is 0 Å². The Labute approximate surface area is 81.8 Å². The summed E-state index contributed by atoms with van der Waals surface area (Å²) in [6, 6.07) is 4.88. The minimum Gasteiger partial charge on any atom is -0.170 e. The maximum absolute atomic E-state index is 12.4. The quantitative estimate of drug-likeness (QED) is 0.646. The normalized spacial score (nSPS) is 14.1. The topological polar surface area (TPSA) is 0 Å². The molecular formula is C11H13F3. The molecule has 1 atom stereocenters. The summed E-state index contributed by atoms with van der Waals surface area (Å²) in [5.41, 5.74) is 2.25. The van der Waals surface area contributed by atoms with Gasteiger partial charge in [0.05, 0.1) is 5.92 Å². The summed E-state index contributed by atoms with van der Waals surface area (Å²) in [5.74, 6) is -1.39. The van der Waals surface area contributed by atoms with Crippen LogP contribution in [-0.4, -0.2) is 6.18 Å². The van der Waals surface area contributed by atoms with E-state index in [1.54, 1.807) is 18.2 Å². The molecule has 0 aliphatic rings. The molecule has 0 saturated heterocycles. The van der Waals surface area contributed by atoms with Gasteiger partial charge in [-0.25, -0.2) is 0 Å². The van der Waals surface area contributed by atoms with E-state index in [9.17, 15) is 13.2 Å². The molecule has 0 aliphatic carbocycles. The average Bonchev–Trinajstić information content (AvgIpc) is 2.07. The molecule has 78 valence electrons. The van der Waals surface area contributed by atoms with Crippen molar-refractivity contribution in [2.75, 3.05) is 0 Å². The smallest absolute Gasteiger partial charge is 0.170 e. The Bertz CT molecular complexity index is 326. The maximum Gasteiger partial charge on any atom is 0.395 e. The van der Waals surface area contributed by atoms with Crippen molar-refractivity contribution in [3.63, 3.8) is 0 Å². The summed E-state index contributed by atoms with van der Waals surface area (Å²) in [6.45, 7) is 4.89. The summed E-state index contributed by atoms with van der Waals surface area (Å²) >= 11 is 0. The number of halogens is 3. The molecule has 0 aromatic heterocycles. The number of hydrogen-bond acceptors (Lipinski definition) is 0. The van der Waals surface area contributed by atoms with Gasteiger partial charge in [0.2, 0.25) is 0 Å². The van der Waals surface area contributed by atoms with Gasteiger partial charge in [-0.2, -0.15) is 13.2 Å². The Morgan fingerprint density at radius 2 is 1.64 bits per heavy atom. The minimum atomic E-state index is -4.15. The zero-order valence-electron chi connectivity index (χ0n) is 8.44. The van der Waals surface area contributed by atoms with Gasteiger partial charge in [0.1, 0.15) is 0 Å². The molecule has 1 rings (SSSR count). The standard InChI is InChI=1S/C11H13F3/c1-7-4-5-10(6-8(7)2)9(3)11(12,13)14/h4-6,9H,1-3H3. The second-order valence-electron chi connectivity index (χ2n) is 3.61. The van der Waals surface area contributed by atoms with E-state index in [-0.39, 0.29) is 0 Å². The van der Waals surface area contributed by atoms with E-state index in [1.807, 2.05) is 13.8 Å². The lowest BCUT2D eigenvalue weighted by atomic mass is 9.97. The zero-order chi connectivity index (χ0) is 10.9. The van der Waals surface area contributed by atoms with Crippen LogP contribution in [0.5, 0.6) is 0 Å². The van der Waals surface area contributed by atoms with Crippen molar-refractivity contribution in [1.29, 1.82) is 0 Å². The number of benzene rings is 1. The second kappa shape index (κ2) is 3.64. The van der Waals surface area contributed by atoms with Crippen LogP contribution in [0.4, 0.5) is 13.2 Å². The van der Waals surface area contributed by atoms with Gasteiger partial charge in [-0.15, -0.1) is 0 Å². The largest absolute Gasteiger partial charge is 0.395 e. The van der Waals surface area contributed by atoms with Crippen molar-refractivity contribution in [2.45, 2.75) is 32.9 Å². The molecule has 3 heteroatoms. The van der Waals surface area contributed by atoms with Crippen LogP contribution in [0.2, 0.25) is 0 Å². The molecule has 14 heavy (non-hydrogen) atoms. The van der Waals surface area contributed by atoms with E-state index in [0.717, 1.165) is 11.1 Å². The van der Waals surface area contributed by atoms with Crippen molar-refractivity contribution in [3.05, 3.63) is 34.9 Å². The van der Waals surface area contributed by atoms with E-state index < -0.39 is 12.1 Å². The zero-order valence-corrected chi connectivity index (χ0v) is 8.44. The Hall–Kier alpha value is -0.990. The Kier molecular flexibility index (Phi) is 2.88. The van der Waals surface area contributed by atoms with Gasteiger partial charge < -0.3 is 0 Å². The highest BCUT2D eigenvalue weighted by Crippen LogP contribution is 2.34. The van der Waals surface area contributed by atoms with Crippen molar-refractivity contribution < 1.29 is 13.2 Å².